The van der Waals surface area contributed by atoms with Crippen molar-refractivity contribution in [3.05, 3.63) is 59.5 Å². The second-order valence-corrected chi connectivity index (χ2v) is 8.39. The first-order chi connectivity index (χ1) is 14.2. The Morgan fingerprint density at radius 1 is 1.03 bits per heavy atom. The highest BCUT2D eigenvalue weighted by Crippen LogP contribution is 2.31. The molecule has 0 aliphatic carbocycles. The Labute approximate surface area is 176 Å². The van der Waals surface area contributed by atoms with E-state index in [9.17, 15) is 4.79 Å². The van der Waals surface area contributed by atoms with E-state index < -0.39 is 0 Å². The molecule has 0 N–H and O–H groups in total. The van der Waals surface area contributed by atoms with E-state index in [1.54, 1.807) is 0 Å². The Morgan fingerprint density at radius 2 is 1.83 bits per heavy atom. The number of thiophene rings is 1. The number of ketones is 1. The summed E-state index contributed by atoms with van der Waals surface area (Å²) in [6, 6.07) is 16.4. The lowest BCUT2D eigenvalue weighted by Crippen LogP contribution is -2.46. The van der Waals surface area contributed by atoms with Crippen LogP contribution >= 0.6 is 11.3 Å². The summed E-state index contributed by atoms with van der Waals surface area (Å²) < 4.78 is 7.22. The molecule has 4 rings (SSSR count). The predicted molar refractivity (Wildman–Crippen MR) is 122 cm³/mol. The number of fused-ring (bicyclic) bond motifs is 1. The van der Waals surface area contributed by atoms with E-state index in [2.05, 4.69) is 39.4 Å². The van der Waals surface area contributed by atoms with Gasteiger partial charge in [0.2, 0.25) is 0 Å². The number of nitrogens with zero attached hydrogens (tertiary/aromatic N) is 2. The lowest BCUT2D eigenvalue weighted by molar-refractivity contribution is 0.0988. The lowest BCUT2D eigenvalue weighted by atomic mass is 10.1. The number of carbonyl (C=O) groups excluding carboxylic acids is 1. The van der Waals surface area contributed by atoms with Gasteiger partial charge in [-0.25, -0.2) is 0 Å². The molecule has 1 aliphatic heterocycles. The molecule has 0 bridgehead atoms. The Hall–Kier alpha value is -2.37. The highest BCUT2D eigenvalue weighted by molar-refractivity contribution is 7.17. The van der Waals surface area contributed by atoms with Gasteiger partial charge in [0.05, 0.1) is 6.61 Å². The number of hydrogen-bond donors (Lipinski definition) is 0. The zero-order chi connectivity index (χ0) is 20.1. The standard InChI is InChI=1S/C24H28N2O2S/c1-2-23(27)19-7-9-20(10-8-19)28-17-4-12-25-13-15-26(16-14-25)22-5-3-6-24-21(22)11-18-29-24/h3,5-11,18H,2,4,12-17H2,1H3. The summed E-state index contributed by atoms with van der Waals surface area (Å²) in [7, 11) is 0. The molecule has 0 amide bonds. The molecule has 1 aliphatic rings. The number of Topliss-reactive ketones (excluding diaryl/α,β-unsaturated/α-hetero) is 1. The van der Waals surface area contributed by atoms with Crippen LogP contribution in [-0.2, 0) is 0 Å². The summed E-state index contributed by atoms with van der Waals surface area (Å²) in [4.78, 5) is 16.7. The minimum absolute atomic E-state index is 0.172. The molecule has 0 saturated carbocycles. The Morgan fingerprint density at radius 3 is 2.59 bits per heavy atom. The fraction of sp³-hybridized carbons (Fsp3) is 0.375. The van der Waals surface area contributed by atoms with Gasteiger partial charge >= 0.3 is 0 Å². The SMILES string of the molecule is CCC(=O)c1ccc(OCCCN2CCN(c3cccc4sccc34)CC2)cc1. The molecule has 0 radical (unpaired) electrons. The van der Waals surface area contributed by atoms with Gasteiger partial charge in [-0.05, 0) is 54.3 Å². The third-order valence-electron chi connectivity index (χ3n) is 5.57. The van der Waals surface area contributed by atoms with Crippen molar-refractivity contribution in [2.75, 3.05) is 44.2 Å². The largest absolute Gasteiger partial charge is 0.494 e. The van der Waals surface area contributed by atoms with Gasteiger partial charge in [-0.15, -0.1) is 11.3 Å². The van der Waals surface area contributed by atoms with Gasteiger partial charge in [0.25, 0.3) is 0 Å². The van der Waals surface area contributed by atoms with Gasteiger partial charge < -0.3 is 9.64 Å². The third kappa shape index (κ3) is 4.80. The molecule has 29 heavy (non-hydrogen) atoms. The van der Waals surface area contributed by atoms with Crippen LogP contribution in [0.1, 0.15) is 30.1 Å². The highest BCUT2D eigenvalue weighted by Gasteiger charge is 2.18. The fourth-order valence-electron chi connectivity index (χ4n) is 3.89. The average molecular weight is 409 g/mol. The first-order valence-corrected chi connectivity index (χ1v) is 11.3. The number of piperazine rings is 1. The van der Waals surface area contributed by atoms with Crippen LogP contribution in [0.5, 0.6) is 5.75 Å². The normalized spacial score (nSPS) is 15.0. The van der Waals surface area contributed by atoms with Gasteiger partial charge in [-0.2, -0.15) is 0 Å². The number of hydrogen-bond acceptors (Lipinski definition) is 5. The highest BCUT2D eigenvalue weighted by atomic mass is 32.1. The van der Waals surface area contributed by atoms with Crippen molar-refractivity contribution in [3.63, 3.8) is 0 Å². The van der Waals surface area contributed by atoms with E-state index in [0.717, 1.165) is 50.5 Å². The molecule has 2 aromatic carbocycles. The summed E-state index contributed by atoms with van der Waals surface area (Å²) in [6.07, 6.45) is 1.55. The maximum Gasteiger partial charge on any atom is 0.162 e. The molecule has 5 heteroatoms. The van der Waals surface area contributed by atoms with Crippen molar-refractivity contribution in [3.8, 4) is 5.75 Å². The number of carbonyl (C=O) groups is 1. The van der Waals surface area contributed by atoms with Gasteiger partial charge in [0, 0.05) is 60.5 Å². The molecule has 0 atom stereocenters. The molecular formula is C24H28N2O2S. The second kappa shape index (κ2) is 9.42. The molecule has 1 saturated heterocycles. The number of benzene rings is 2. The van der Waals surface area contributed by atoms with Crippen molar-refractivity contribution in [1.82, 2.24) is 4.90 Å². The van der Waals surface area contributed by atoms with Crippen molar-refractivity contribution < 1.29 is 9.53 Å². The van der Waals surface area contributed by atoms with E-state index in [0.29, 0.717) is 13.0 Å². The Bertz CT molecular complexity index is 943. The monoisotopic (exact) mass is 408 g/mol. The van der Waals surface area contributed by atoms with Crippen LogP contribution in [0.25, 0.3) is 10.1 Å². The van der Waals surface area contributed by atoms with Crippen molar-refractivity contribution in [2.45, 2.75) is 19.8 Å². The van der Waals surface area contributed by atoms with Gasteiger partial charge in [-0.1, -0.05) is 13.0 Å². The van der Waals surface area contributed by atoms with Gasteiger partial charge in [0.1, 0.15) is 5.75 Å². The summed E-state index contributed by atoms with van der Waals surface area (Å²) in [6.45, 7) is 7.97. The summed E-state index contributed by atoms with van der Waals surface area (Å²) >= 11 is 1.81. The van der Waals surface area contributed by atoms with E-state index in [-0.39, 0.29) is 5.78 Å². The maximum absolute atomic E-state index is 11.7. The van der Waals surface area contributed by atoms with Crippen LogP contribution in [0.2, 0.25) is 0 Å². The van der Waals surface area contributed by atoms with E-state index in [1.165, 1.54) is 15.8 Å². The molecule has 2 heterocycles. The van der Waals surface area contributed by atoms with Crippen LogP contribution in [0.15, 0.2) is 53.9 Å². The summed E-state index contributed by atoms with van der Waals surface area (Å²) in [5, 5.41) is 3.56. The third-order valence-corrected chi connectivity index (χ3v) is 6.45. The minimum atomic E-state index is 0.172. The van der Waals surface area contributed by atoms with Crippen LogP contribution in [0.3, 0.4) is 0 Å². The van der Waals surface area contributed by atoms with Gasteiger partial charge in [0.15, 0.2) is 5.78 Å². The van der Waals surface area contributed by atoms with Crippen LogP contribution in [0, 0.1) is 0 Å². The van der Waals surface area contributed by atoms with E-state index >= 15 is 0 Å². The molecule has 1 fully saturated rings. The minimum Gasteiger partial charge on any atom is -0.494 e. The van der Waals surface area contributed by atoms with Crippen molar-refractivity contribution in [1.29, 1.82) is 0 Å². The summed E-state index contributed by atoms with van der Waals surface area (Å²) in [5.41, 5.74) is 2.13. The number of rotatable bonds is 8. The quantitative estimate of drug-likeness (QED) is 0.384. The average Bonchev–Trinajstić information content (AvgIpc) is 3.26. The zero-order valence-corrected chi connectivity index (χ0v) is 17.8. The predicted octanol–water partition coefficient (Wildman–Crippen LogP) is 5.09. The number of anilines is 1. The number of ether oxygens (including phenoxy) is 1. The zero-order valence-electron chi connectivity index (χ0n) is 17.0. The topological polar surface area (TPSA) is 32.8 Å². The maximum atomic E-state index is 11.7. The molecule has 1 aromatic heterocycles. The van der Waals surface area contributed by atoms with Crippen LogP contribution < -0.4 is 9.64 Å². The molecule has 0 spiro atoms. The Balaban J connectivity index is 1.20. The molecule has 152 valence electrons. The van der Waals surface area contributed by atoms with Crippen LogP contribution in [0.4, 0.5) is 5.69 Å². The molecular weight excluding hydrogens is 380 g/mol. The molecule has 4 nitrogen and oxygen atoms in total. The van der Waals surface area contributed by atoms with E-state index in [1.807, 2.05) is 42.5 Å². The Kier molecular flexibility index (Phi) is 6.47. The fourth-order valence-corrected chi connectivity index (χ4v) is 4.69. The van der Waals surface area contributed by atoms with Crippen molar-refractivity contribution in [2.24, 2.45) is 0 Å². The first kappa shape index (κ1) is 19.9. The van der Waals surface area contributed by atoms with Crippen molar-refractivity contribution >= 4 is 32.9 Å². The summed E-state index contributed by atoms with van der Waals surface area (Å²) in [5.74, 6) is 1.01. The van der Waals surface area contributed by atoms with Gasteiger partial charge in [-0.3, -0.25) is 9.69 Å². The first-order valence-electron chi connectivity index (χ1n) is 10.4. The van der Waals surface area contributed by atoms with Crippen LogP contribution in [-0.4, -0.2) is 50.0 Å². The second-order valence-electron chi connectivity index (χ2n) is 7.44. The smallest absolute Gasteiger partial charge is 0.162 e. The molecule has 3 aromatic rings. The lowest BCUT2D eigenvalue weighted by Gasteiger charge is -2.36. The molecule has 0 unspecified atom stereocenters. The van der Waals surface area contributed by atoms with E-state index in [4.69, 9.17) is 4.74 Å².